The minimum absolute atomic E-state index is 0.0938. The molecule has 0 bridgehead atoms. The Morgan fingerprint density at radius 2 is 0.788 bits per heavy atom. The molecular weight excluding hydrogens is 1520 g/mol. The highest BCUT2D eigenvalue weighted by atomic mass is 16.5. The quantitative estimate of drug-likeness (QED) is 0.0536. The molecular formula is C85H112N14O19. The number of nitrogens with one attached hydrogen (secondary N) is 7. The molecule has 33 nitrogen and oxygen atoms in total. The van der Waals surface area contributed by atoms with Crippen LogP contribution >= 0.6 is 0 Å². The molecule has 0 spiro atoms. The molecule has 3 saturated heterocycles. The topological polar surface area (TPSA) is 500 Å². The second kappa shape index (κ2) is 44.1. The maximum atomic E-state index is 13.7. The average Bonchev–Trinajstić information content (AvgIpc) is 0.813. The monoisotopic (exact) mass is 1630 g/mol. The van der Waals surface area contributed by atoms with Crippen molar-refractivity contribution < 1.29 is 92.9 Å². The molecule has 6 aromatic heterocycles. The lowest BCUT2D eigenvalue weighted by molar-refractivity contribution is -0.166. The first-order valence-electron chi connectivity index (χ1n) is 39.8. The fraction of sp³-hybridized carbons (Fsp3) is 0.506. The second-order valence-electron chi connectivity index (χ2n) is 31.2. The van der Waals surface area contributed by atoms with Crippen molar-refractivity contribution in [3.8, 4) is 17.2 Å². The summed E-state index contributed by atoms with van der Waals surface area (Å²) >= 11 is 0. The predicted octanol–water partition coefficient (Wildman–Crippen LogP) is 4.20. The number of aliphatic hydroxyl groups excluding tert-OH is 3. The summed E-state index contributed by atoms with van der Waals surface area (Å²) in [5.74, 6) is -13.7. The van der Waals surface area contributed by atoms with E-state index in [1.807, 2.05) is 34.6 Å². The summed E-state index contributed by atoms with van der Waals surface area (Å²) in [7, 11) is 1.56. The molecule has 6 unspecified atom stereocenters. The summed E-state index contributed by atoms with van der Waals surface area (Å²) in [4.78, 5) is 185. The fourth-order valence-corrected chi connectivity index (χ4v) is 14.4. The normalized spacial score (nSPS) is 27.3. The number of hydrogen-bond acceptors (Lipinski definition) is 25. The van der Waals surface area contributed by atoms with Gasteiger partial charge in [0.15, 0.2) is 40.5 Å². The minimum atomic E-state index is -1.37. The van der Waals surface area contributed by atoms with Crippen molar-refractivity contribution in [3.63, 3.8) is 0 Å². The van der Waals surface area contributed by atoms with E-state index in [9.17, 15) is 88.2 Å². The highest BCUT2D eigenvalue weighted by molar-refractivity contribution is 6.01. The number of nitrogens with zero attached hydrogens (tertiary/aromatic N) is 7. The summed E-state index contributed by atoms with van der Waals surface area (Å²) in [5.41, 5.74) is 1.35. The van der Waals surface area contributed by atoms with E-state index in [4.69, 9.17) is 4.74 Å². The fourth-order valence-electron chi connectivity index (χ4n) is 14.4. The molecule has 9 heterocycles. The van der Waals surface area contributed by atoms with Crippen molar-refractivity contribution >= 4 is 70.6 Å². The van der Waals surface area contributed by atoms with Gasteiger partial charge in [0, 0.05) is 88.0 Å². The second-order valence-corrected chi connectivity index (χ2v) is 31.2. The number of rotatable bonds is 18. The van der Waals surface area contributed by atoms with Crippen molar-refractivity contribution in [3.05, 3.63) is 162 Å². The van der Waals surface area contributed by atoms with E-state index in [0.29, 0.717) is 24.8 Å². The van der Waals surface area contributed by atoms with Crippen LogP contribution in [0.5, 0.6) is 17.2 Å². The van der Waals surface area contributed by atoms with Gasteiger partial charge in [-0.3, -0.25) is 72.5 Å². The van der Waals surface area contributed by atoms with Gasteiger partial charge in [-0.1, -0.05) is 107 Å². The van der Waals surface area contributed by atoms with Crippen LogP contribution in [0.25, 0.3) is 0 Å². The van der Waals surface area contributed by atoms with Gasteiger partial charge in [-0.25, -0.2) is 15.0 Å². The zero-order valence-corrected chi connectivity index (χ0v) is 68.7. The van der Waals surface area contributed by atoms with E-state index in [2.05, 4.69) is 67.1 Å². The number of Topliss-reactive ketones (excluding diaryl/α,β-unsaturated/α-hetero) is 3. The number of hydrogen-bond donors (Lipinski definition) is 13. The summed E-state index contributed by atoms with van der Waals surface area (Å²) in [6.45, 7) is 20.7. The Morgan fingerprint density at radius 3 is 1.14 bits per heavy atom. The highest BCUT2D eigenvalue weighted by Gasteiger charge is 2.45. The molecule has 8 amide bonds. The molecule has 6 aromatic rings. The third-order valence-corrected chi connectivity index (χ3v) is 22.3. The van der Waals surface area contributed by atoms with Crippen molar-refractivity contribution in [2.24, 2.45) is 53.3 Å². The van der Waals surface area contributed by atoms with Crippen LogP contribution in [-0.4, -0.2) is 216 Å². The summed E-state index contributed by atoms with van der Waals surface area (Å²) in [6.07, 6.45) is 10.4. The first kappa shape index (κ1) is 93.6. The number of ketones is 3. The Bertz CT molecular complexity index is 4250. The first-order valence-corrected chi connectivity index (χ1v) is 39.8. The lowest BCUT2D eigenvalue weighted by Gasteiger charge is -2.38. The number of amides is 8. The molecule has 9 rings (SSSR count). The third-order valence-electron chi connectivity index (χ3n) is 22.3. The Kier molecular flexibility index (Phi) is 35.0. The predicted molar refractivity (Wildman–Crippen MR) is 430 cm³/mol. The van der Waals surface area contributed by atoms with Gasteiger partial charge in [0.1, 0.15) is 35.4 Å². The summed E-state index contributed by atoms with van der Waals surface area (Å²) in [5, 5.41) is 83.2. The molecule has 21 atom stereocenters. The van der Waals surface area contributed by atoms with Crippen molar-refractivity contribution in [1.29, 1.82) is 0 Å². The number of pyridine rings is 6. The molecule has 13 N–H and O–H groups in total. The third kappa shape index (κ3) is 25.0. The smallest absolute Gasteiger partial charge is 0.312 e. The standard InChI is InChI=1S/C29H39N5O6.C28H37N5O6.C28H36N4O7/c1-6-16(2)25-22(36)13-17(3)23(33-28(39)24-21(35)10-8-12-31-24)27(38)32-20(14-19-9-7-11-30-15-19)26(37)18(4)29(40)34(25)5;1-5-15(2)22-21(35)12-16(3)23(33-28(39)24-20(34)9-7-11-30-24)27(38)31-19(13-18-8-6-10-29-14-18)25(36)17(4)26(37)32-22;1-5-15(2)25-21(34)12-16(3)22(32-27(37)23-20(33)9-7-11-30-23)26(36)31-19(13-18-8-6-10-29-14-18)24(35)17(4)28(38)39-25/h7-12,15-18,20,23,25-26,35,37H,6,13-14H2,1-5H3,(H,32,38)(H,33,39);6-11,14-17,19,22-23,25,34,36H,5,12-13H2,1-4H3,(H,31,38)(H,32,37)(H,33,39);6-11,14-17,19,22,24-25,33,35H,5,12-13H2,1-4H3,(H,31,36)(H,32,37)/t16?,17-,18+,20-,23-,25?,26-;15?,16-,17+,19-,22?,23-,25-;15?,16-,17+,19-,22-,24-,25?/m000/s1. The van der Waals surface area contributed by atoms with Crippen LogP contribution in [0.4, 0.5) is 0 Å². The molecule has 636 valence electrons. The number of cyclic esters (lactones) is 1. The first-order chi connectivity index (χ1) is 56.0. The van der Waals surface area contributed by atoms with E-state index < -0.39 is 167 Å². The minimum Gasteiger partial charge on any atom is -0.505 e. The highest BCUT2D eigenvalue weighted by Crippen LogP contribution is 2.30. The van der Waals surface area contributed by atoms with Crippen LogP contribution in [-0.2, 0) is 67.2 Å². The Morgan fingerprint density at radius 1 is 0.449 bits per heavy atom. The maximum Gasteiger partial charge on any atom is 0.312 e. The largest absolute Gasteiger partial charge is 0.505 e. The SMILES string of the molecule is CCC(C)C1C(=O)C[C@H](C)[C@H](NC(=O)c2ncccc2O)C(=O)N[C@@H](Cc2cccnc2)[C@@H](O)[C@@H](C)C(=O)N1C.CCC(C)C1NC(=O)[C@H](C)[C@H](O)[C@H](Cc2cccnc2)NC(=O)[C@@H](NC(=O)c2ncccc2O)[C@@H](C)CC1=O.CCC(C)C1OC(=O)[C@H](C)[C@H](O)[C@H](Cc2cccnc2)NC(=O)[C@@H](NC(=O)c2ncccc2O)[C@@H](C)CC1=O. The molecule has 0 aromatic carbocycles. The Hall–Kier alpha value is -11.6. The van der Waals surface area contributed by atoms with E-state index in [1.54, 1.807) is 115 Å². The van der Waals surface area contributed by atoms with Crippen molar-refractivity contribution in [2.45, 2.75) is 214 Å². The van der Waals surface area contributed by atoms with Gasteiger partial charge in [0.05, 0.1) is 66.3 Å². The number of ether oxygens (including phenoxy) is 1. The van der Waals surface area contributed by atoms with Gasteiger partial charge in [0.2, 0.25) is 29.5 Å². The number of carbonyl (C=O) groups excluding carboxylic acids is 12. The average molecular weight is 1630 g/mol. The molecule has 3 fully saturated rings. The zero-order valence-electron chi connectivity index (χ0n) is 68.7. The van der Waals surface area contributed by atoms with Crippen LogP contribution in [0.15, 0.2) is 129 Å². The summed E-state index contributed by atoms with van der Waals surface area (Å²) < 4.78 is 5.64. The Labute approximate surface area is 686 Å². The van der Waals surface area contributed by atoms with E-state index >= 15 is 0 Å². The van der Waals surface area contributed by atoms with Crippen molar-refractivity contribution in [2.75, 3.05) is 7.05 Å². The number of esters is 1. The molecule has 0 saturated carbocycles. The van der Waals surface area contributed by atoms with Crippen molar-refractivity contribution in [1.82, 2.24) is 72.0 Å². The van der Waals surface area contributed by atoms with E-state index in [-0.39, 0.29) is 102 Å². The van der Waals surface area contributed by atoms with Crippen LogP contribution < -0.4 is 37.2 Å². The number of aliphatic hydroxyl groups is 3. The van der Waals surface area contributed by atoms with E-state index in [1.165, 1.54) is 73.7 Å². The lowest BCUT2D eigenvalue weighted by Crippen LogP contribution is -2.59. The molecule has 33 heteroatoms. The van der Waals surface area contributed by atoms with Crippen LogP contribution in [0.1, 0.15) is 170 Å². The number of likely N-dealkylation sites (N-methyl/N-ethyl adjacent to an activating group) is 1. The van der Waals surface area contributed by atoms with Gasteiger partial charge in [0.25, 0.3) is 17.7 Å². The van der Waals surface area contributed by atoms with Gasteiger partial charge in [-0.05, 0) is 133 Å². The molecule has 118 heavy (non-hydrogen) atoms. The zero-order chi connectivity index (χ0) is 86.9. The number of carbonyl (C=O) groups is 12. The maximum absolute atomic E-state index is 13.7. The van der Waals surface area contributed by atoms with Crippen LogP contribution in [0.2, 0.25) is 0 Å². The van der Waals surface area contributed by atoms with Gasteiger partial charge in [-0.15, -0.1) is 0 Å². The molecule has 3 aliphatic rings. The summed E-state index contributed by atoms with van der Waals surface area (Å²) in [6, 6.07) is 10.8. The van der Waals surface area contributed by atoms with Crippen LogP contribution in [0, 0.1) is 53.3 Å². The van der Waals surface area contributed by atoms with Gasteiger partial charge >= 0.3 is 5.97 Å². The van der Waals surface area contributed by atoms with E-state index in [0.717, 1.165) is 11.1 Å². The Balaban J connectivity index is 0.000000244. The van der Waals surface area contributed by atoms with Gasteiger partial charge in [-0.2, -0.15) is 0 Å². The molecule has 3 aliphatic heterocycles. The number of aromatic nitrogens is 6. The van der Waals surface area contributed by atoms with Crippen LogP contribution in [0.3, 0.4) is 0 Å². The molecule has 0 aliphatic carbocycles. The van der Waals surface area contributed by atoms with Gasteiger partial charge < -0.3 is 77.5 Å². The lowest BCUT2D eigenvalue weighted by atomic mass is 9.84. The molecule has 0 radical (unpaired) electrons. The number of aromatic hydroxyl groups is 3.